The molecule has 2 rings (SSSR count). The second-order valence-electron chi connectivity index (χ2n) is 3.35. The number of hydrogen-bond acceptors (Lipinski definition) is 5. The molecular weight excluding hydrogens is 220 g/mol. The highest BCUT2D eigenvalue weighted by Crippen LogP contribution is 2.22. The average molecular weight is 232 g/mol. The molecule has 2 aromatic rings. The van der Waals surface area contributed by atoms with Gasteiger partial charge >= 0.3 is 0 Å². The zero-order chi connectivity index (χ0) is 11.4. The molecule has 2 aromatic heterocycles. The summed E-state index contributed by atoms with van der Waals surface area (Å²) >= 11 is 1.43. The van der Waals surface area contributed by atoms with Crippen LogP contribution in [-0.4, -0.2) is 15.0 Å². The van der Waals surface area contributed by atoms with Gasteiger partial charge in [0.1, 0.15) is 5.03 Å². The van der Waals surface area contributed by atoms with Gasteiger partial charge in [-0.3, -0.25) is 0 Å². The van der Waals surface area contributed by atoms with Crippen LogP contribution in [0.25, 0.3) is 0 Å². The third-order valence-electron chi connectivity index (χ3n) is 2.02. The summed E-state index contributed by atoms with van der Waals surface area (Å²) in [7, 11) is 0. The molecular formula is C11H12N4S. The summed E-state index contributed by atoms with van der Waals surface area (Å²) in [6, 6.07) is 5.71. The van der Waals surface area contributed by atoms with Crippen LogP contribution in [0.15, 0.2) is 47.0 Å². The molecule has 0 spiro atoms. The Kier molecular flexibility index (Phi) is 3.48. The van der Waals surface area contributed by atoms with Crippen molar-refractivity contribution in [1.82, 2.24) is 15.0 Å². The lowest BCUT2D eigenvalue weighted by molar-refractivity contribution is 0.806. The molecule has 0 radical (unpaired) electrons. The van der Waals surface area contributed by atoms with Gasteiger partial charge in [-0.25, -0.2) is 15.0 Å². The minimum Gasteiger partial charge on any atom is -0.324 e. The molecule has 2 N–H and O–H groups in total. The van der Waals surface area contributed by atoms with Gasteiger partial charge in [0, 0.05) is 24.6 Å². The molecule has 82 valence electrons. The molecule has 2 heterocycles. The molecule has 0 aliphatic heterocycles. The molecule has 4 nitrogen and oxygen atoms in total. The third-order valence-corrected chi connectivity index (χ3v) is 2.87. The molecule has 0 bridgehead atoms. The minimum atomic E-state index is 0.0134. The largest absolute Gasteiger partial charge is 0.324 e. The molecule has 0 unspecified atom stereocenters. The highest BCUT2D eigenvalue weighted by molar-refractivity contribution is 7.99. The second-order valence-corrected chi connectivity index (χ2v) is 4.34. The highest BCUT2D eigenvalue weighted by Gasteiger charge is 2.03. The van der Waals surface area contributed by atoms with E-state index in [1.807, 2.05) is 19.1 Å². The van der Waals surface area contributed by atoms with Gasteiger partial charge in [-0.05, 0) is 36.4 Å². The van der Waals surface area contributed by atoms with Crippen LogP contribution in [0.2, 0.25) is 0 Å². The Balaban J connectivity index is 2.11. The first-order valence-corrected chi connectivity index (χ1v) is 5.74. The van der Waals surface area contributed by atoms with Crippen LogP contribution in [0, 0.1) is 0 Å². The smallest absolute Gasteiger partial charge is 0.193 e. The highest BCUT2D eigenvalue weighted by atomic mass is 32.2. The SMILES string of the molecule is C[C@@H](N)c1ccc(Sc2ncccn2)nc1. The fourth-order valence-corrected chi connectivity index (χ4v) is 1.81. The zero-order valence-corrected chi connectivity index (χ0v) is 9.69. The van der Waals surface area contributed by atoms with E-state index >= 15 is 0 Å². The van der Waals surface area contributed by atoms with E-state index in [2.05, 4.69) is 15.0 Å². The average Bonchev–Trinajstić information content (AvgIpc) is 2.31. The van der Waals surface area contributed by atoms with Gasteiger partial charge in [0.2, 0.25) is 0 Å². The maximum Gasteiger partial charge on any atom is 0.193 e. The number of nitrogens with zero attached hydrogens (tertiary/aromatic N) is 3. The van der Waals surface area contributed by atoms with E-state index in [0.717, 1.165) is 10.6 Å². The van der Waals surface area contributed by atoms with Crippen LogP contribution >= 0.6 is 11.8 Å². The van der Waals surface area contributed by atoms with Gasteiger partial charge in [0.05, 0.1) is 0 Å². The summed E-state index contributed by atoms with van der Waals surface area (Å²) < 4.78 is 0. The van der Waals surface area contributed by atoms with E-state index in [9.17, 15) is 0 Å². The summed E-state index contributed by atoms with van der Waals surface area (Å²) in [4.78, 5) is 12.5. The quantitative estimate of drug-likeness (QED) is 0.820. The van der Waals surface area contributed by atoms with Crippen LogP contribution in [0.3, 0.4) is 0 Å². The van der Waals surface area contributed by atoms with Crippen LogP contribution in [0.4, 0.5) is 0 Å². The third kappa shape index (κ3) is 2.77. The van der Waals surface area contributed by atoms with Crippen LogP contribution < -0.4 is 5.73 Å². The second kappa shape index (κ2) is 5.05. The van der Waals surface area contributed by atoms with E-state index in [1.165, 1.54) is 11.8 Å². The standard InChI is InChI=1S/C11H12N4S/c1-8(12)9-3-4-10(15-7-9)16-11-13-5-2-6-14-11/h2-8H,12H2,1H3/t8-/m1/s1. The van der Waals surface area contributed by atoms with Crippen molar-refractivity contribution in [2.24, 2.45) is 5.73 Å². The van der Waals surface area contributed by atoms with Crippen molar-refractivity contribution in [3.63, 3.8) is 0 Å². The van der Waals surface area contributed by atoms with Crippen LogP contribution in [-0.2, 0) is 0 Å². The lowest BCUT2D eigenvalue weighted by Crippen LogP contribution is -2.05. The molecule has 16 heavy (non-hydrogen) atoms. The first-order chi connectivity index (χ1) is 7.75. The van der Waals surface area contributed by atoms with E-state index in [-0.39, 0.29) is 6.04 Å². The Morgan fingerprint density at radius 3 is 2.50 bits per heavy atom. The van der Waals surface area contributed by atoms with Crippen LogP contribution in [0.1, 0.15) is 18.5 Å². The Labute approximate surface area is 98.3 Å². The molecule has 0 aromatic carbocycles. The van der Waals surface area contributed by atoms with Crippen molar-refractivity contribution in [2.45, 2.75) is 23.1 Å². The van der Waals surface area contributed by atoms with Crippen molar-refractivity contribution >= 4 is 11.8 Å². The van der Waals surface area contributed by atoms with Crippen LogP contribution in [0.5, 0.6) is 0 Å². The summed E-state index contributed by atoms with van der Waals surface area (Å²) in [6.07, 6.45) is 5.22. The predicted molar refractivity (Wildman–Crippen MR) is 63.0 cm³/mol. The Morgan fingerprint density at radius 1 is 1.19 bits per heavy atom. The molecule has 5 heteroatoms. The first-order valence-electron chi connectivity index (χ1n) is 4.92. The Hall–Kier alpha value is -1.46. The number of nitrogens with two attached hydrogens (primary N) is 1. The molecule has 1 atom stereocenters. The fraction of sp³-hybridized carbons (Fsp3) is 0.182. The molecule has 0 saturated heterocycles. The summed E-state index contributed by atoms with van der Waals surface area (Å²) in [5.41, 5.74) is 6.77. The van der Waals surface area contributed by atoms with Crippen molar-refractivity contribution < 1.29 is 0 Å². The number of hydrogen-bond donors (Lipinski definition) is 1. The summed E-state index contributed by atoms with van der Waals surface area (Å²) in [5, 5.41) is 1.57. The topological polar surface area (TPSA) is 64.7 Å². The van der Waals surface area contributed by atoms with Crippen molar-refractivity contribution in [3.8, 4) is 0 Å². The lowest BCUT2D eigenvalue weighted by Gasteiger charge is -2.05. The first kappa shape index (κ1) is 11.0. The van der Waals surface area contributed by atoms with E-state index in [4.69, 9.17) is 5.73 Å². The molecule has 0 fully saturated rings. The maximum atomic E-state index is 5.74. The number of rotatable bonds is 3. The minimum absolute atomic E-state index is 0.0134. The van der Waals surface area contributed by atoms with Gasteiger partial charge < -0.3 is 5.73 Å². The molecule has 0 saturated carbocycles. The van der Waals surface area contributed by atoms with Crippen molar-refractivity contribution in [1.29, 1.82) is 0 Å². The monoisotopic (exact) mass is 232 g/mol. The van der Waals surface area contributed by atoms with Gasteiger partial charge in [-0.15, -0.1) is 0 Å². The van der Waals surface area contributed by atoms with E-state index in [1.54, 1.807) is 24.7 Å². The van der Waals surface area contributed by atoms with Crippen molar-refractivity contribution in [3.05, 3.63) is 42.4 Å². The van der Waals surface area contributed by atoms with Gasteiger partial charge in [0.15, 0.2) is 5.16 Å². The Morgan fingerprint density at radius 2 is 1.94 bits per heavy atom. The molecule has 0 amide bonds. The number of pyridine rings is 1. The Bertz CT molecular complexity index is 441. The fourth-order valence-electron chi connectivity index (χ4n) is 1.15. The zero-order valence-electron chi connectivity index (χ0n) is 8.87. The predicted octanol–water partition coefficient (Wildman–Crippen LogP) is 2.04. The number of aromatic nitrogens is 3. The molecule has 0 aliphatic carbocycles. The maximum absolute atomic E-state index is 5.74. The van der Waals surface area contributed by atoms with E-state index in [0.29, 0.717) is 5.16 Å². The summed E-state index contributed by atoms with van der Waals surface area (Å²) in [6.45, 7) is 1.93. The van der Waals surface area contributed by atoms with Crippen molar-refractivity contribution in [2.75, 3.05) is 0 Å². The molecule has 0 aliphatic rings. The van der Waals surface area contributed by atoms with E-state index < -0.39 is 0 Å². The summed E-state index contributed by atoms with van der Waals surface area (Å²) in [5.74, 6) is 0. The van der Waals surface area contributed by atoms with Gasteiger partial charge in [0.25, 0.3) is 0 Å². The normalized spacial score (nSPS) is 12.4. The van der Waals surface area contributed by atoms with Gasteiger partial charge in [-0.2, -0.15) is 0 Å². The lowest BCUT2D eigenvalue weighted by atomic mass is 10.2. The van der Waals surface area contributed by atoms with Gasteiger partial charge in [-0.1, -0.05) is 6.07 Å².